The van der Waals surface area contributed by atoms with Crippen LogP contribution in [0.3, 0.4) is 0 Å². The summed E-state index contributed by atoms with van der Waals surface area (Å²) in [6, 6.07) is 17.2. The quantitative estimate of drug-likeness (QED) is 0.513. The number of ether oxygens (including phenoxy) is 1. The van der Waals surface area contributed by atoms with Gasteiger partial charge < -0.3 is 10.1 Å². The van der Waals surface area contributed by atoms with Gasteiger partial charge in [-0.2, -0.15) is 8.78 Å². The first-order valence-corrected chi connectivity index (χ1v) is 11.1. The van der Waals surface area contributed by atoms with Crippen molar-refractivity contribution in [2.24, 2.45) is 0 Å². The van der Waals surface area contributed by atoms with Crippen molar-refractivity contribution in [3.05, 3.63) is 89.0 Å². The van der Waals surface area contributed by atoms with Crippen LogP contribution in [0.4, 0.5) is 14.5 Å². The third-order valence-corrected chi connectivity index (χ3v) is 6.18. The number of amides is 1. The number of nitrogens with one attached hydrogen (secondary N) is 2. The van der Waals surface area contributed by atoms with Gasteiger partial charge in [0.1, 0.15) is 5.75 Å². The van der Waals surface area contributed by atoms with Gasteiger partial charge in [0.25, 0.3) is 15.9 Å². The maximum absolute atomic E-state index is 12.7. The van der Waals surface area contributed by atoms with E-state index in [9.17, 15) is 22.0 Å². The zero-order valence-electron chi connectivity index (χ0n) is 17.4. The second kappa shape index (κ2) is 9.78. The summed E-state index contributed by atoms with van der Waals surface area (Å²) < 4.78 is 57.4. The lowest BCUT2D eigenvalue weighted by Gasteiger charge is -2.12. The van der Waals surface area contributed by atoms with Crippen LogP contribution in [0, 0.1) is 13.8 Å². The molecule has 0 atom stereocenters. The molecule has 0 aromatic heterocycles. The molecule has 0 radical (unpaired) electrons. The molecule has 0 spiro atoms. The van der Waals surface area contributed by atoms with Crippen molar-refractivity contribution in [1.29, 1.82) is 0 Å². The lowest BCUT2D eigenvalue weighted by Crippen LogP contribution is -2.23. The third-order valence-electron chi connectivity index (χ3n) is 4.66. The van der Waals surface area contributed by atoms with E-state index in [0.717, 1.165) is 5.56 Å². The first kappa shape index (κ1) is 23.2. The van der Waals surface area contributed by atoms with Crippen LogP contribution in [0.15, 0.2) is 71.6 Å². The molecule has 0 bridgehead atoms. The molecule has 0 heterocycles. The molecule has 0 aliphatic carbocycles. The molecule has 1 amide bonds. The number of anilines is 1. The summed E-state index contributed by atoms with van der Waals surface area (Å²) in [6.45, 7) is 0.547. The van der Waals surface area contributed by atoms with Crippen molar-refractivity contribution in [2.75, 3.05) is 4.72 Å². The van der Waals surface area contributed by atoms with Crippen molar-refractivity contribution in [3.63, 3.8) is 0 Å². The molecule has 0 aliphatic rings. The Balaban J connectivity index is 1.67. The van der Waals surface area contributed by atoms with Crippen LogP contribution >= 0.6 is 0 Å². The topological polar surface area (TPSA) is 84.5 Å². The van der Waals surface area contributed by atoms with Crippen LogP contribution in [-0.2, 0) is 16.6 Å². The number of aryl methyl sites for hydroxylation is 2. The van der Waals surface area contributed by atoms with E-state index in [2.05, 4.69) is 14.8 Å². The van der Waals surface area contributed by atoms with E-state index in [4.69, 9.17) is 0 Å². The molecule has 0 unspecified atom stereocenters. The van der Waals surface area contributed by atoms with E-state index in [1.54, 1.807) is 37.3 Å². The van der Waals surface area contributed by atoms with E-state index >= 15 is 0 Å². The Morgan fingerprint density at radius 3 is 2.38 bits per heavy atom. The molecule has 9 heteroatoms. The van der Waals surface area contributed by atoms with E-state index in [-0.39, 0.29) is 22.8 Å². The molecule has 3 rings (SSSR count). The van der Waals surface area contributed by atoms with E-state index in [1.165, 1.54) is 30.3 Å². The van der Waals surface area contributed by atoms with Crippen molar-refractivity contribution < 1.29 is 26.7 Å². The van der Waals surface area contributed by atoms with Crippen LogP contribution in [0.2, 0.25) is 0 Å². The molecule has 32 heavy (non-hydrogen) atoms. The average Bonchev–Trinajstić information content (AvgIpc) is 2.74. The highest BCUT2D eigenvalue weighted by Crippen LogP contribution is 2.22. The predicted octanol–water partition coefficient (Wildman–Crippen LogP) is 4.64. The van der Waals surface area contributed by atoms with E-state index in [1.807, 2.05) is 13.0 Å². The number of para-hydroxylation sites is 1. The number of halogens is 2. The lowest BCUT2D eigenvalue weighted by molar-refractivity contribution is -0.0504. The smallest absolute Gasteiger partial charge is 0.387 e. The minimum atomic E-state index is -3.79. The van der Waals surface area contributed by atoms with Gasteiger partial charge in [-0.1, -0.05) is 30.3 Å². The fraction of sp³-hybridized carbons (Fsp3) is 0.174. The highest BCUT2D eigenvalue weighted by Gasteiger charge is 2.17. The molecule has 3 aromatic rings. The van der Waals surface area contributed by atoms with Crippen LogP contribution in [0.25, 0.3) is 0 Å². The summed E-state index contributed by atoms with van der Waals surface area (Å²) in [7, 11) is -3.79. The van der Waals surface area contributed by atoms with Gasteiger partial charge in [0.2, 0.25) is 0 Å². The zero-order chi connectivity index (χ0) is 23.3. The molecular formula is C23H22F2N2O4S. The second-order valence-electron chi connectivity index (χ2n) is 7.12. The number of carbonyl (C=O) groups excluding carboxylic acids is 1. The molecule has 0 saturated heterocycles. The third kappa shape index (κ3) is 5.82. The van der Waals surface area contributed by atoms with E-state index in [0.29, 0.717) is 16.8 Å². The molecule has 0 fully saturated rings. The number of sulfonamides is 1. The SMILES string of the molecule is Cc1ccc(C)c(S(=O)(=O)Nc2ccc(C(=O)NCc3ccccc3OC(F)F)cc2)c1. The van der Waals surface area contributed by atoms with Gasteiger partial charge in [0, 0.05) is 23.4 Å². The Morgan fingerprint density at radius 2 is 1.69 bits per heavy atom. The first-order chi connectivity index (χ1) is 15.2. The summed E-state index contributed by atoms with van der Waals surface area (Å²) in [4.78, 5) is 12.6. The van der Waals surface area contributed by atoms with Gasteiger partial charge in [-0.3, -0.25) is 9.52 Å². The Labute approximate surface area is 185 Å². The summed E-state index contributed by atoms with van der Waals surface area (Å²) >= 11 is 0. The Bertz CT molecular complexity index is 1210. The molecule has 6 nitrogen and oxygen atoms in total. The second-order valence-corrected chi connectivity index (χ2v) is 8.77. The Kier molecular flexibility index (Phi) is 7.09. The summed E-state index contributed by atoms with van der Waals surface area (Å²) in [5.74, 6) is -0.459. The highest BCUT2D eigenvalue weighted by molar-refractivity contribution is 7.92. The van der Waals surface area contributed by atoms with Gasteiger partial charge in [0.05, 0.1) is 4.90 Å². The number of hydrogen-bond donors (Lipinski definition) is 2. The molecule has 3 aromatic carbocycles. The van der Waals surface area contributed by atoms with Gasteiger partial charge >= 0.3 is 6.61 Å². The van der Waals surface area contributed by atoms with Gasteiger partial charge in [-0.25, -0.2) is 8.42 Å². The first-order valence-electron chi connectivity index (χ1n) is 9.67. The van der Waals surface area contributed by atoms with Crippen LogP contribution in [0.1, 0.15) is 27.0 Å². The molecular weight excluding hydrogens is 438 g/mol. The number of rotatable bonds is 8. The van der Waals surface area contributed by atoms with Crippen LogP contribution in [0.5, 0.6) is 5.75 Å². The molecule has 168 valence electrons. The fourth-order valence-corrected chi connectivity index (χ4v) is 4.42. The monoisotopic (exact) mass is 460 g/mol. The number of benzene rings is 3. The van der Waals surface area contributed by atoms with Gasteiger partial charge in [-0.05, 0) is 61.4 Å². The largest absolute Gasteiger partial charge is 0.434 e. The van der Waals surface area contributed by atoms with Gasteiger partial charge in [-0.15, -0.1) is 0 Å². The number of hydrogen-bond acceptors (Lipinski definition) is 4. The zero-order valence-corrected chi connectivity index (χ0v) is 18.2. The van der Waals surface area contributed by atoms with Gasteiger partial charge in [0.15, 0.2) is 0 Å². The maximum atomic E-state index is 12.7. The predicted molar refractivity (Wildman–Crippen MR) is 117 cm³/mol. The lowest BCUT2D eigenvalue weighted by atomic mass is 10.1. The number of alkyl halides is 2. The van der Waals surface area contributed by atoms with E-state index < -0.39 is 22.5 Å². The van der Waals surface area contributed by atoms with Crippen LogP contribution < -0.4 is 14.8 Å². The standard InChI is InChI=1S/C23H22F2N2O4S/c1-15-7-8-16(2)21(13-15)32(29,30)27-19-11-9-17(10-12-19)22(28)26-14-18-5-3-4-6-20(18)31-23(24)25/h3-13,23,27H,14H2,1-2H3,(H,26,28). The number of carbonyl (C=O) groups is 1. The van der Waals surface area contributed by atoms with Crippen LogP contribution in [-0.4, -0.2) is 20.9 Å². The van der Waals surface area contributed by atoms with Crippen molar-refractivity contribution in [1.82, 2.24) is 5.32 Å². The Morgan fingerprint density at radius 1 is 1.00 bits per heavy atom. The Hall–Kier alpha value is -3.46. The van der Waals surface area contributed by atoms with Crippen molar-refractivity contribution in [2.45, 2.75) is 31.9 Å². The molecule has 0 saturated carbocycles. The highest BCUT2D eigenvalue weighted by atomic mass is 32.2. The maximum Gasteiger partial charge on any atom is 0.387 e. The molecule has 0 aliphatic heterocycles. The normalized spacial score (nSPS) is 11.3. The minimum absolute atomic E-state index is 0.0112. The average molecular weight is 461 g/mol. The summed E-state index contributed by atoms with van der Waals surface area (Å²) in [6.07, 6.45) is 0. The van der Waals surface area contributed by atoms with Crippen molar-refractivity contribution >= 4 is 21.6 Å². The summed E-state index contributed by atoms with van der Waals surface area (Å²) in [5, 5.41) is 2.63. The summed E-state index contributed by atoms with van der Waals surface area (Å²) in [5.41, 5.74) is 2.43. The van der Waals surface area contributed by atoms with Crippen molar-refractivity contribution in [3.8, 4) is 5.75 Å². The fourth-order valence-electron chi connectivity index (χ4n) is 3.03. The minimum Gasteiger partial charge on any atom is -0.434 e. The molecule has 2 N–H and O–H groups in total.